The number of imide groups is 1. The number of fused-ring (bicyclic) bond motifs is 1. The topological polar surface area (TPSA) is 86.8 Å². The molecule has 3 rings (SSSR count). The van der Waals surface area contributed by atoms with E-state index >= 15 is 0 Å². The Labute approximate surface area is 200 Å². The Morgan fingerprint density at radius 3 is 2.18 bits per heavy atom. The smallest absolute Gasteiger partial charge is 0.243 e. The quantitative estimate of drug-likeness (QED) is 0.419. The molecule has 0 saturated carbocycles. The molecule has 1 aromatic carbocycles. The highest BCUT2D eigenvalue weighted by Crippen LogP contribution is 2.35. The van der Waals surface area contributed by atoms with Crippen LogP contribution in [-0.2, 0) is 25.7 Å². The predicted octanol–water partition coefficient (Wildman–Crippen LogP) is 3.19. The molecule has 1 saturated heterocycles. The van der Waals surface area contributed by atoms with E-state index in [1.807, 2.05) is 32.9 Å². The fourth-order valence-electron chi connectivity index (χ4n) is 4.59. The first-order valence-electron chi connectivity index (χ1n) is 12.1. The summed E-state index contributed by atoms with van der Waals surface area (Å²) in [5.74, 6) is -2.09. The van der Waals surface area contributed by atoms with Gasteiger partial charge in [0, 0.05) is 25.6 Å². The normalized spacial score (nSPS) is 21.2. The van der Waals surface area contributed by atoms with Gasteiger partial charge in [0.25, 0.3) is 0 Å². The number of rotatable bonds is 10. The van der Waals surface area contributed by atoms with Gasteiger partial charge in [-0.2, -0.15) is 0 Å². The van der Waals surface area contributed by atoms with Crippen molar-refractivity contribution in [3.05, 3.63) is 47.8 Å². The van der Waals surface area contributed by atoms with E-state index < -0.39 is 6.04 Å². The molecule has 0 unspecified atom stereocenters. The third-order valence-corrected chi connectivity index (χ3v) is 6.80. The Balaban J connectivity index is 1.75. The summed E-state index contributed by atoms with van der Waals surface area (Å²) in [6.45, 7) is 5.81. The average Bonchev–Trinajstić information content (AvgIpc) is 3.08. The Hall–Kier alpha value is -3.03. The zero-order valence-electron chi connectivity index (χ0n) is 20.1. The van der Waals surface area contributed by atoms with E-state index in [4.69, 9.17) is 0 Å². The summed E-state index contributed by atoms with van der Waals surface area (Å²) < 4.78 is 13.4. The maximum atomic E-state index is 13.4. The van der Waals surface area contributed by atoms with E-state index in [0.29, 0.717) is 24.8 Å². The largest absolute Gasteiger partial charge is 0.352 e. The summed E-state index contributed by atoms with van der Waals surface area (Å²) in [6.07, 6.45) is 6.02. The van der Waals surface area contributed by atoms with Crippen molar-refractivity contribution in [1.29, 1.82) is 0 Å². The molecule has 8 heteroatoms. The van der Waals surface area contributed by atoms with Crippen LogP contribution in [0.5, 0.6) is 0 Å². The maximum Gasteiger partial charge on any atom is 0.243 e. The molecule has 0 radical (unpaired) electrons. The van der Waals surface area contributed by atoms with Gasteiger partial charge in [-0.15, -0.1) is 0 Å². The lowest BCUT2D eigenvalue weighted by molar-refractivity contribution is -0.144. The van der Waals surface area contributed by atoms with Gasteiger partial charge in [0.1, 0.15) is 11.9 Å². The summed E-state index contributed by atoms with van der Waals surface area (Å²) in [4.78, 5) is 54.5. The van der Waals surface area contributed by atoms with Gasteiger partial charge in [0.2, 0.25) is 23.6 Å². The lowest BCUT2D eigenvalue weighted by Gasteiger charge is -2.32. The highest BCUT2D eigenvalue weighted by molar-refractivity contribution is 6.05. The second-order valence-electron chi connectivity index (χ2n) is 9.12. The minimum atomic E-state index is -0.719. The van der Waals surface area contributed by atoms with E-state index in [1.165, 1.54) is 21.9 Å². The summed E-state index contributed by atoms with van der Waals surface area (Å²) in [5, 5.41) is 2.94. The van der Waals surface area contributed by atoms with Crippen molar-refractivity contribution in [2.24, 2.45) is 11.8 Å². The molecule has 1 fully saturated rings. The van der Waals surface area contributed by atoms with Crippen molar-refractivity contribution in [3.63, 3.8) is 0 Å². The zero-order valence-corrected chi connectivity index (χ0v) is 20.1. The molecule has 1 N–H and O–H groups in total. The van der Waals surface area contributed by atoms with Crippen LogP contribution in [0.1, 0.15) is 58.4 Å². The standard InChI is InChI=1S/C26H34FN3O4/c1-4-17(3)28-24(32)22(5-2)30(16-18-10-12-19(27)13-11-18)23(31)14-15-29-25(33)20-8-6-7-9-21(20)26(29)34/h6-7,10-13,17,20-22H,4-5,8-9,14-16H2,1-3H3,(H,28,32)/t17-,20-,21+,22-/m0/s1. The van der Waals surface area contributed by atoms with Gasteiger partial charge in [-0.05, 0) is 50.3 Å². The van der Waals surface area contributed by atoms with Crippen LogP contribution in [0.3, 0.4) is 0 Å². The number of likely N-dealkylation sites (tertiary alicyclic amines) is 1. The molecule has 1 heterocycles. The number of nitrogens with one attached hydrogen (secondary N) is 1. The van der Waals surface area contributed by atoms with Crippen molar-refractivity contribution in [1.82, 2.24) is 15.1 Å². The van der Waals surface area contributed by atoms with Gasteiger partial charge in [-0.25, -0.2) is 4.39 Å². The second-order valence-corrected chi connectivity index (χ2v) is 9.12. The molecule has 0 spiro atoms. The van der Waals surface area contributed by atoms with E-state index in [9.17, 15) is 23.6 Å². The molecule has 1 aliphatic carbocycles. The van der Waals surface area contributed by atoms with Crippen molar-refractivity contribution in [2.75, 3.05) is 6.54 Å². The lowest BCUT2D eigenvalue weighted by Crippen LogP contribution is -2.51. The molecule has 0 bridgehead atoms. The summed E-state index contributed by atoms with van der Waals surface area (Å²) in [7, 11) is 0. The minimum Gasteiger partial charge on any atom is -0.352 e. The van der Waals surface area contributed by atoms with Crippen LogP contribution in [0.4, 0.5) is 4.39 Å². The number of benzene rings is 1. The number of halogens is 1. The van der Waals surface area contributed by atoms with Crippen LogP contribution in [0.2, 0.25) is 0 Å². The van der Waals surface area contributed by atoms with Crippen LogP contribution in [0.25, 0.3) is 0 Å². The van der Waals surface area contributed by atoms with Crippen LogP contribution >= 0.6 is 0 Å². The summed E-state index contributed by atoms with van der Waals surface area (Å²) in [6, 6.07) is 5.04. The molecule has 34 heavy (non-hydrogen) atoms. The number of hydrogen-bond donors (Lipinski definition) is 1. The van der Waals surface area contributed by atoms with E-state index in [0.717, 1.165) is 6.42 Å². The molecule has 0 aromatic heterocycles. The van der Waals surface area contributed by atoms with E-state index in [2.05, 4.69) is 5.32 Å². The Bertz CT molecular complexity index is 920. The maximum absolute atomic E-state index is 13.4. The fourth-order valence-corrected chi connectivity index (χ4v) is 4.59. The molecule has 1 aliphatic heterocycles. The highest BCUT2D eigenvalue weighted by atomic mass is 19.1. The third-order valence-electron chi connectivity index (χ3n) is 6.80. The van der Waals surface area contributed by atoms with Crippen molar-refractivity contribution in [2.45, 2.75) is 71.5 Å². The first-order valence-corrected chi connectivity index (χ1v) is 12.1. The molecular weight excluding hydrogens is 437 g/mol. The van der Waals surface area contributed by atoms with Gasteiger partial charge in [0.15, 0.2) is 0 Å². The number of nitrogens with zero attached hydrogens (tertiary/aromatic N) is 2. The fraction of sp³-hybridized carbons (Fsp3) is 0.538. The molecule has 184 valence electrons. The minimum absolute atomic E-state index is 0.00711. The van der Waals surface area contributed by atoms with Gasteiger partial charge >= 0.3 is 0 Å². The molecule has 4 atom stereocenters. The number of hydrogen-bond acceptors (Lipinski definition) is 4. The highest BCUT2D eigenvalue weighted by Gasteiger charge is 2.47. The lowest BCUT2D eigenvalue weighted by atomic mass is 9.85. The molecule has 7 nitrogen and oxygen atoms in total. The monoisotopic (exact) mass is 471 g/mol. The number of allylic oxidation sites excluding steroid dienone is 2. The van der Waals surface area contributed by atoms with Crippen LogP contribution in [-0.4, -0.2) is 52.1 Å². The third kappa shape index (κ3) is 5.72. The molecule has 1 aromatic rings. The number of carbonyl (C=O) groups excluding carboxylic acids is 4. The molecule has 2 aliphatic rings. The van der Waals surface area contributed by atoms with Crippen molar-refractivity contribution in [3.8, 4) is 0 Å². The van der Waals surface area contributed by atoms with E-state index in [-0.39, 0.29) is 66.8 Å². The number of amides is 4. The van der Waals surface area contributed by atoms with Crippen LogP contribution in [0.15, 0.2) is 36.4 Å². The second kappa shape index (κ2) is 11.4. The van der Waals surface area contributed by atoms with E-state index in [1.54, 1.807) is 12.1 Å². The number of carbonyl (C=O) groups is 4. The predicted molar refractivity (Wildman–Crippen MR) is 126 cm³/mol. The summed E-state index contributed by atoms with van der Waals surface area (Å²) >= 11 is 0. The first kappa shape index (κ1) is 25.6. The van der Waals surface area contributed by atoms with Crippen molar-refractivity contribution >= 4 is 23.6 Å². The zero-order chi connectivity index (χ0) is 24.8. The van der Waals surface area contributed by atoms with Gasteiger partial charge in [0.05, 0.1) is 11.8 Å². The Morgan fingerprint density at radius 1 is 1.06 bits per heavy atom. The molecule has 4 amide bonds. The van der Waals surface area contributed by atoms with Gasteiger partial charge < -0.3 is 10.2 Å². The average molecular weight is 472 g/mol. The van der Waals surface area contributed by atoms with Gasteiger partial charge in [-0.1, -0.05) is 38.1 Å². The Morgan fingerprint density at radius 2 is 1.65 bits per heavy atom. The van der Waals surface area contributed by atoms with Gasteiger partial charge in [-0.3, -0.25) is 24.1 Å². The summed E-state index contributed by atoms with van der Waals surface area (Å²) in [5.41, 5.74) is 0.690. The first-order chi connectivity index (χ1) is 16.3. The SMILES string of the molecule is CC[C@H](C)NC(=O)[C@H](CC)N(Cc1ccc(F)cc1)C(=O)CCN1C(=O)[C@H]2CC=CC[C@H]2C1=O. The van der Waals surface area contributed by atoms with Crippen LogP contribution in [0, 0.1) is 17.7 Å². The van der Waals surface area contributed by atoms with Crippen molar-refractivity contribution < 1.29 is 23.6 Å². The van der Waals surface area contributed by atoms with Crippen LogP contribution < -0.4 is 5.32 Å². The Kier molecular flexibility index (Phi) is 8.58. The molecular formula is C26H34FN3O4.